The van der Waals surface area contributed by atoms with Crippen molar-refractivity contribution in [3.8, 4) is 0 Å². The molecule has 0 aromatic heterocycles. The average molecular weight is 323 g/mol. The van der Waals surface area contributed by atoms with Gasteiger partial charge in [0, 0.05) is 18.0 Å². The summed E-state index contributed by atoms with van der Waals surface area (Å²) in [6.45, 7) is 2.32. The van der Waals surface area contributed by atoms with Crippen molar-refractivity contribution in [2.45, 2.75) is 44.6 Å². The van der Waals surface area contributed by atoms with E-state index >= 15 is 0 Å². The molecule has 0 heterocycles. The van der Waals surface area contributed by atoms with Crippen molar-refractivity contribution >= 4 is 5.91 Å². The Morgan fingerprint density at radius 1 is 1.12 bits per heavy atom. The SMILES string of the molecule is CC(O)CC(CNC(=O)c1ccc2c(c1)CCC2)c1ccccc1. The lowest BCUT2D eigenvalue weighted by atomic mass is 9.93. The van der Waals surface area contributed by atoms with Crippen LogP contribution in [-0.2, 0) is 12.8 Å². The van der Waals surface area contributed by atoms with Gasteiger partial charge in [0.2, 0.25) is 0 Å². The number of fused-ring (bicyclic) bond motifs is 1. The number of aliphatic hydroxyl groups excluding tert-OH is 1. The number of amides is 1. The van der Waals surface area contributed by atoms with Gasteiger partial charge in [0.25, 0.3) is 5.91 Å². The van der Waals surface area contributed by atoms with Gasteiger partial charge in [-0.15, -0.1) is 0 Å². The smallest absolute Gasteiger partial charge is 0.251 e. The van der Waals surface area contributed by atoms with Crippen LogP contribution in [0.4, 0.5) is 0 Å². The number of nitrogens with one attached hydrogen (secondary N) is 1. The number of carbonyl (C=O) groups excluding carboxylic acids is 1. The molecule has 2 aromatic carbocycles. The van der Waals surface area contributed by atoms with E-state index in [2.05, 4.69) is 23.5 Å². The maximum atomic E-state index is 12.5. The summed E-state index contributed by atoms with van der Waals surface area (Å²) < 4.78 is 0. The van der Waals surface area contributed by atoms with E-state index in [1.54, 1.807) is 6.92 Å². The highest BCUT2D eigenvalue weighted by atomic mass is 16.3. The molecule has 1 aliphatic rings. The molecule has 3 rings (SSSR count). The van der Waals surface area contributed by atoms with Gasteiger partial charge in [-0.25, -0.2) is 0 Å². The predicted octanol–water partition coefficient (Wildman–Crippen LogP) is 3.46. The Morgan fingerprint density at radius 2 is 1.88 bits per heavy atom. The summed E-state index contributed by atoms with van der Waals surface area (Å²) in [6.07, 6.45) is 3.62. The summed E-state index contributed by atoms with van der Waals surface area (Å²) in [5, 5.41) is 12.8. The summed E-state index contributed by atoms with van der Waals surface area (Å²) in [6, 6.07) is 16.1. The summed E-state index contributed by atoms with van der Waals surface area (Å²) in [5.74, 6) is 0.0841. The zero-order valence-corrected chi connectivity index (χ0v) is 14.2. The molecule has 3 nitrogen and oxygen atoms in total. The van der Waals surface area contributed by atoms with Crippen molar-refractivity contribution in [2.24, 2.45) is 0 Å². The van der Waals surface area contributed by atoms with Crippen LogP contribution in [0.5, 0.6) is 0 Å². The van der Waals surface area contributed by atoms with Crippen LogP contribution in [0.3, 0.4) is 0 Å². The number of aryl methyl sites for hydroxylation is 2. The number of carbonyl (C=O) groups is 1. The van der Waals surface area contributed by atoms with Gasteiger partial charge in [0.15, 0.2) is 0 Å². The third-order valence-electron chi connectivity index (χ3n) is 4.77. The Hall–Kier alpha value is -2.13. The van der Waals surface area contributed by atoms with Crippen LogP contribution < -0.4 is 5.32 Å². The van der Waals surface area contributed by atoms with Crippen LogP contribution >= 0.6 is 0 Å². The summed E-state index contributed by atoms with van der Waals surface area (Å²) in [5.41, 5.74) is 4.57. The molecule has 0 bridgehead atoms. The fraction of sp³-hybridized carbons (Fsp3) is 0.381. The van der Waals surface area contributed by atoms with Crippen molar-refractivity contribution in [3.63, 3.8) is 0 Å². The molecular weight excluding hydrogens is 298 g/mol. The fourth-order valence-electron chi connectivity index (χ4n) is 3.51. The quantitative estimate of drug-likeness (QED) is 0.855. The summed E-state index contributed by atoms with van der Waals surface area (Å²) >= 11 is 0. The standard InChI is InChI=1S/C21H25NO2/c1-15(23)12-20(16-6-3-2-4-7-16)14-22-21(24)19-11-10-17-8-5-9-18(17)13-19/h2-4,6-7,10-11,13,15,20,23H,5,8-9,12,14H2,1H3,(H,22,24). The number of hydrogen-bond acceptors (Lipinski definition) is 2. The highest BCUT2D eigenvalue weighted by molar-refractivity contribution is 5.94. The maximum absolute atomic E-state index is 12.5. The van der Waals surface area contributed by atoms with Crippen molar-refractivity contribution in [3.05, 3.63) is 70.8 Å². The van der Waals surface area contributed by atoms with Crippen molar-refractivity contribution < 1.29 is 9.90 Å². The molecule has 126 valence electrons. The lowest BCUT2D eigenvalue weighted by Gasteiger charge is -2.20. The van der Waals surface area contributed by atoms with E-state index in [1.807, 2.05) is 30.3 Å². The lowest BCUT2D eigenvalue weighted by Crippen LogP contribution is -2.29. The van der Waals surface area contributed by atoms with Crippen LogP contribution in [0.25, 0.3) is 0 Å². The maximum Gasteiger partial charge on any atom is 0.251 e. The highest BCUT2D eigenvalue weighted by Crippen LogP contribution is 2.23. The molecule has 2 N–H and O–H groups in total. The van der Waals surface area contributed by atoms with E-state index in [4.69, 9.17) is 0 Å². The highest BCUT2D eigenvalue weighted by Gasteiger charge is 2.17. The van der Waals surface area contributed by atoms with Crippen LogP contribution in [0.15, 0.2) is 48.5 Å². The molecule has 0 fully saturated rings. The van der Waals surface area contributed by atoms with Gasteiger partial charge in [-0.2, -0.15) is 0 Å². The first-order valence-electron chi connectivity index (χ1n) is 8.76. The van der Waals surface area contributed by atoms with Crippen molar-refractivity contribution in [1.29, 1.82) is 0 Å². The Kier molecular flexibility index (Phi) is 5.31. The second-order valence-corrected chi connectivity index (χ2v) is 6.74. The van der Waals surface area contributed by atoms with Gasteiger partial charge in [-0.3, -0.25) is 4.79 Å². The molecule has 1 aliphatic carbocycles. The van der Waals surface area contributed by atoms with E-state index < -0.39 is 6.10 Å². The van der Waals surface area contributed by atoms with Gasteiger partial charge < -0.3 is 10.4 Å². The molecule has 0 saturated heterocycles. The lowest BCUT2D eigenvalue weighted by molar-refractivity contribution is 0.0945. The van der Waals surface area contributed by atoms with E-state index in [0.717, 1.165) is 24.0 Å². The van der Waals surface area contributed by atoms with Crippen molar-refractivity contribution in [1.82, 2.24) is 5.32 Å². The molecule has 0 radical (unpaired) electrons. The third-order valence-corrected chi connectivity index (χ3v) is 4.77. The fourth-order valence-corrected chi connectivity index (χ4v) is 3.51. The van der Waals surface area contributed by atoms with Crippen LogP contribution in [0, 0.1) is 0 Å². The van der Waals surface area contributed by atoms with Crippen LogP contribution in [0.2, 0.25) is 0 Å². The van der Waals surface area contributed by atoms with Crippen LogP contribution in [-0.4, -0.2) is 23.7 Å². The van der Waals surface area contributed by atoms with Crippen molar-refractivity contribution in [2.75, 3.05) is 6.54 Å². The Bertz CT molecular complexity index is 694. The van der Waals surface area contributed by atoms with Crippen LogP contribution in [0.1, 0.15) is 52.7 Å². The molecular formula is C21H25NO2. The number of hydrogen-bond donors (Lipinski definition) is 2. The zero-order chi connectivity index (χ0) is 16.9. The zero-order valence-electron chi connectivity index (χ0n) is 14.2. The Labute approximate surface area is 143 Å². The minimum Gasteiger partial charge on any atom is -0.393 e. The molecule has 1 amide bonds. The van der Waals surface area contributed by atoms with E-state index in [9.17, 15) is 9.90 Å². The Morgan fingerprint density at radius 3 is 2.62 bits per heavy atom. The number of aliphatic hydroxyl groups is 1. The Balaban J connectivity index is 1.66. The first kappa shape index (κ1) is 16.7. The van der Waals surface area contributed by atoms with Gasteiger partial charge in [0.05, 0.1) is 6.10 Å². The monoisotopic (exact) mass is 323 g/mol. The minimum absolute atomic E-state index is 0.0313. The molecule has 3 heteroatoms. The second-order valence-electron chi connectivity index (χ2n) is 6.74. The first-order chi connectivity index (χ1) is 11.6. The van der Waals surface area contributed by atoms with Gasteiger partial charge in [-0.1, -0.05) is 36.4 Å². The summed E-state index contributed by atoms with van der Waals surface area (Å²) in [7, 11) is 0. The first-order valence-corrected chi connectivity index (χ1v) is 8.76. The molecule has 2 aromatic rings. The molecule has 24 heavy (non-hydrogen) atoms. The van der Waals surface area contributed by atoms with Gasteiger partial charge in [-0.05, 0) is 61.4 Å². The average Bonchev–Trinajstić information content (AvgIpc) is 3.06. The summed E-state index contributed by atoms with van der Waals surface area (Å²) in [4.78, 5) is 12.5. The molecule has 2 unspecified atom stereocenters. The second kappa shape index (κ2) is 7.63. The van der Waals surface area contributed by atoms with Gasteiger partial charge >= 0.3 is 0 Å². The number of benzene rings is 2. The van der Waals surface area contributed by atoms with E-state index in [-0.39, 0.29) is 11.8 Å². The largest absolute Gasteiger partial charge is 0.393 e. The molecule has 0 spiro atoms. The topological polar surface area (TPSA) is 49.3 Å². The van der Waals surface area contributed by atoms with E-state index in [0.29, 0.717) is 13.0 Å². The number of rotatable bonds is 6. The van der Waals surface area contributed by atoms with Gasteiger partial charge in [0.1, 0.15) is 0 Å². The normalized spacial score (nSPS) is 15.6. The third kappa shape index (κ3) is 4.04. The molecule has 0 aliphatic heterocycles. The van der Waals surface area contributed by atoms with E-state index in [1.165, 1.54) is 17.5 Å². The predicted molar refractivity (Wildman–Crippen MR) is 96.3 cm³/mol. The molecule has 0 saturated carbocycles. The minimum atomic E-state index is -0.396. The molecule has 2 atom stereocenters.